The highest BCUT2D eigenvalue weighted by atomic mass is 16.5. The van der Waals surface area contributed by atoms with E-state index in [2.05, 4.69) is 44.0 Å². The van der Waals surface area contributed by atoms with Crippen molar-refractivity contribution in [1.82, 2.24) is 4.98 Å². The highest BCUT2D eigenvalue weighted by Gasteiger charge is 2.11. The van der Waals surface area contributed by atoms with E-state index in [1.165, 1.54) is 22.3 Å². The number of aromatic nitrogens is 1. The largest absolute Gasteiger partial charge is 0.497 e. The molecule has 0 fully saturated rings. The summed E-state index contributed by atoms with van der Waals surface area (Å²) in [6, 6.07) is 14.2. The summed E-state index contributed by atoms with van der Waals surface area (Å²) in [4.78, 5) is 4.52. The van der Waals surface area contributed by atoms with Gasteiger partial charge >= 0.3 is 0 Å². The summed E-state index contributed by atoms with van der Waals surface area (Å²) in [7, 11) is 1.62. The minimum atomic E-state index is -0.0545. The number of nitrogens with zero attached hydrogens (tertiary/aromatic N) is 1. The molecule has 0 aliphatic rings. The first-order chi connectivity index (χ1) is 12.0. The van der Waals surface area contributed by atoms with Crippen molar-refractivity contribution in [2.24, 2.45) is 0 Å². The molecule has 1 aromatic heterocycles. The van der Waals surface area contributed by atoms with Gasteiger partial charge in [0.25, 0.3) is 0 Å². The molecule has 3 aromatic rings. The van der Waals surface area contributed by atoms with Crippen LogP contribution < -0.4 is 4.74 Å². The second-order valence-corrected chi connectivity index (χ2v) is 6.38. The zero-order chi connectivity index (χ0) is 18.0. The number of pyridine rings is 1. The third-order valence-electron chi connectivity index (χ3n) is 4.48. The molecule has 1 N–H and O–H groups in total. The smallest absolute Gasteiger partial charge is 0.119 e. The van der Waals surface area contributed by atoms with Gasteiger partial charge in [-0.2, -0.15) is 0 Å². The molecule has 1 heterocycles. The van der Waals surface area contributed by atoms with Crippen LogP contribution in [0.3, 0.4) is 0 Å². The number of rotatable bonds is 4. The van der Waals surface area contributed by atoms with Gasteiger partial charge in [-0.05, 0) is 78.9 Å². The van der Waals surface area contributed by atoms with E-state index in [0.717, 1.165) is 28.1 Å². The number of aliphatic hydroxyl groups is 1. The number of benzene rings is 2. The molecule has 0 saturated heterocycles. The van der Waals surface area contributed by atoms with Crippen molar-refractivity contribution in [3.05, 3.63) is 70.9 Å². The molecule has 0 amide bonds. The first-order valence-corrected chi connectivity index (χ1v) is 8.36. The second kappa shape index (κ2) is 7.08. The summed E-state index contributed by atoms with van der Waals surface area (Å²) in [5, 5.41) is 9.72. The highest BCUT2D eigenvalue weighted by molar-refractivity contribution is 5.76. The van der Waals surface area contributed by atoms with E-state index >= 15 is 0 Å². The molecule has 2 aromatic carbocycles. The van der Waals surface area contributed by atoms with E-state index in [9.17, 15) is 5.11 Å². The lowest BCUT2D eigenvalue weighted by atomic mass is 9.93. The SMILES string of the molecule is COc1ccc(-c2cc(-c3c(C)cc(C)cc3C)ccn2)c(CO)c1. The fourth-order valence-corrected chi connectivity index (χ4v) is 3.45. The van der Waals surface area contributed by atoms with Crippen molar-refractivity contribution in [3.63, 3.8) is 0 Å². The molecule has 0 saturated carbocycles. The van der Waals surface area contributed by atoms with Crippen LogP contribution in [0, 0.1) is 20.8 Å². The van der Waals surface area contributed by atoms with Crippen LogP contribution in [-0.4, -0.2) is 17.2 Å². The average Bonchev–Trinajstić information content (AvgIpc) is 2.60. The molecular weight excluding hydrogens is 310 g/mol. The molecule has 3 rings (SSSR count). The fourth-order valence-electron chi connectivity index (χ4n) is 3.45. The molecule has 0 unspecified atom stereocenters. The molecule has 0 bridgehead atoms. The van der Waals surface area contributed by atoms with Gasteiger partial charge in [0, 0.05) is 11.8 Å². The molecule has 3 nitrogen and oxygen atoms in total. The fraction of sp³-hybridized carbons (Fsp3) is 0.227. The van der Waals surface area contributed by atoms with E-state index < -0.39 is 0 Å². The maximum Gasteiger partial charge on any atom is 0.119 e. The maximum atomic E-state index is 9.72. The Morgan fingerprint density at radius 2 is 1.68 bits per heavy atom. The van der Waals surface area contributed by atoms with Crippen LogP contribution in [0.1, 0.15) is 22.3 Å². The summed E-state index contributed by atoms with van der Waals surface area (Å²) >= 11 is 0. The van der Waals surface area contributed by atoms with Crippen molar-refractivity contribution >= 4 is 0 Å². The number of methoxy groups -OCH3 is 1. The van der Waals surface area contributed by atoms with Gasteiger partial charge in [-0.15, -0.1) is 0 Å². The molecule has 0 radical (unpaired) electrons. The van der Waals surface area contributed by atoms with Gasteiger partial charge in [-0.3, -0.25) is 4.98 Å². The molecule has 3 heteroatoms. The predicted molar refractivity (Wildman–Crippen MR) is 102 cm³/mol. The van der Waals surface area contributed by atoms with E-state index in [1.54, 1.807) is 7.11 Å². The van der Waals surface area contributed by atoms with Crippen LogP contribution in [0.25, 0.3) is 22.4 Å². The molecule has 0 spiro atoms. The van der Waals surface area contributed by atoms with Crippen molar-refractivity contribution in [1.29, 1.82) is 0 Å². The maximum absolute atomic E-state index is 9.72. The van der Waals surface area contributed by atoms with Crippen molar-refractivity contribution in [3.8, 4) is 28.1 Å². The summed E-state index contributed by atoms with van der Waals surface area (Å²) in [5.74, 6) is 0.731. The Labute approximate surface area is 148 Å². The third kappa shape index (κ3) is 3.42. The molecule has 0 aliphatic heterocycles. The summed E-state index contributed by atoms with van der Waals surface area (Å²) < 4.78 is 5.25. The second-order valence-electron chi connectivity index (χ2n) is 6.38. The third-order valence-corrected chi connectivity index (χ3v) is 4.48. The zero-order valence-corrected chi connectivity index (χ0v) is 15.1. The average molecular weight is 333 g/mol. The number of aliphatic hydroxyl groups excluding tert-OH is 1. The summed E-state index contributed by atoms with van der Waals surface area (Å²) in [5.41, 5.74) is 8.75. The number of ether oxygens (including phenoxy) is 1. The Morgan fingerprint density at radius 3 is 2.32 bits per heavy atom. The lowest BCUT2D eigenvalue weighted by molar-refractivity contribution is 0.281. The van der Waals surface area contributed by atoms with Crippen LogP contribution in [-0.2, 0) is 6.61 Å². The molecule has 25 heavy (non-hydrogen) atoms. The van der Waals surface area contributed by atoms with Gasteiger partial charge < -0.3 is 9.84 Å². The lowest BCUT2D eigenvalue weighted by Crippen LogP contribution is -1.95. The topological polar surface area (TPSA) is 42.4 Å². The minimum absolute atomic E-state index is 0.0545. The lowest BCUT2D eigenvalue weighted by Gasteiger charge is -2.14. The normalized spacial score (nSPS) is 10.8. The number of aryl methyl sites for hydroxylation is 3. The Morgan fingerprint density at radius 1 is 0.960 bits per heavy atom. The van der Waals surface area contributed by atoms with Gasteiger partial charge in [0.05, 0.1) is 19.4 Å². The zero-order valence-electron chi connectivity index (χ0n) is 15.1. The Hall–Kier alpha value is -2.65. The van der Waals surface area contributed by atoms with E-state index in [1.807, 2.05) is 30.5 Å². The first-order valence-electron chi connectivity index (χ1n) is 8.36. The molecule has 0 aliphatic carbocycles. The van der Waals surface area contributed by atoms with Crippen LogP contribution in [0.4, 0.5) is 0 Å². The Balaban J connectivity index is 2.12. The van der Waals surface area contributed by atoms with Crippen LogP contribution in [0.15, 0.2) is 48.7 Å². The minimum Gasteiger partial charge on any atom is -0.497 e. The Bertz CT molecular complexity index is 893. The van der Waals surface area contributed by atoms with Gasteiger partial charge in [0.15, 0.2) is 0 Å². The van der Waals surface area contributed by atoms with Crippen LogP contribution >= 0.6 is 0 Å². The van der Waals surface area contributed by atoms with E-state index in [0.29, 0.717) is 0 Å². The van der Waals surface area contributed by atoms with Crippen LogP contribution in [0.2, 0.25) is 0 Å². The number of hydrogen-bond donors (Lipinski definition) is 1. The van der Waals surface area contributed by atoms with Crippen molar-refractivity contribution in [2.75, 3.05) is 7.11 Å². The monoisotopic (exact) mass is 333 g/mol. The Kier molecular flexibility index (Phi) is 4.86. The van der Waals surface area contributed by atoms with E-state index in [4.69, 9.17) is 4.74 Å². The predicted octanol–water partition coefficient (Wildman–Crippen LogP) is 4.84. The van der Waals surface area contributed by atoms with Gasteiger partial charge in [-0.25, -0.2) is 0 Å². The van der Waals surface area contributed by atoms with Crippen LogP contribution in [0.5, 0.6) is 5.75 Å². The summed E-state index contributed by atoms with van der Waals surface area (Å²) in [6.07, 6.45) is 1.83. The van der Waals surface area contributed by atoms with Gasteiger partial charge in [0.2, 0.25) is 0 Å². The van der Waals surface area contributed by atoms with Crippen molar-refractivity contribution < 1.29 is 9.84 Å². The number of hydrogen-bond acceptors (Lipinski definition) is 3. The molecule has 128 valence electrons. The highest BCUT2D eigenvalue weighted by Crippen LogP contribution is 2.32. The first kappa shape index (κ1) is 17.2. The van der Waals surface area contributed by atoms with Gasteiger partial charge in [0.1, 0.15) is 5.75 Å². The van der Waals surface area contributed by atoms with E-state index in [-0.39, 0.29) is 6.61 Å². The van der Waals surface area contributed by atoms with Crippen molar-refractivity contribution in [2.45, 2.75) is 27.4 Å². The molecule has 0 atom stereocenters. The standard InChI is InChI=1S/C22H23NO2/c1-14-9-15(2)22(16(3)10-14)17-7-8-23-21(12-17)20-6-5-19(25-4)11-18(20)13-24/h5-12,24H,13H2,1-4H3. The van der Waals surface area contributed by atoms with Gasteiger partial charge in [-0.1, -0.05) is 17.7 Å². The quantitative estimate of drug-likeness (QED) is 0.743. The molecular formula is C22H23NO2. The summed E-state index contributed by atoms with van der Waals surface area (Å²) in [6.45, 7) is 6.34.